The van der Waals surface area contributed by atoms with Gasteiger partial charge in [0.25, 0.3) is 0 Å². The van der Waals surface area contributed by atoms with E-state index in [1.165, 1.54) is 12.1 Å². The van der Waals surface area contributed by atoms with E-state index in [2.05, 4.69) is 4.57 Å². The summed E-state index contributed by atoms with van der Waals surface area (Å²) in [6, 6.07) is 17.3. The molecule has 4 rings (SSSR count). The van der Waals surface area contributed by atoms with Crippen molar-refractivity contribution in [3.05, 3.63) is 89.5 Å². The van der Waals surface area contributed by atoms with Crippen molar-refractivity contribution in [2.24, 2.45) is 0 Å². The highest BCUT2D eigenvalue weighted by atomic mass is 19.1. The van der Waals surface area contributed by atoms with E-state index in [1.807, 2.05) is 55.6 Å². The molecule has 0 saturated heterocycles. The predicted molar refractivity (Wildman–Crippen MR) is 128 cm³/mol. The van der Waals surface area contributed by atoms with Crippen LogP contribution in [-0.4, -0.2) is 52.9 Å². The summed E-state index contributed by atoms with van der Waals surface area (Å²) >= 11 is 0. The number of rotatable bonds is 8. The van der Waals surface area contributed by atoms with Crippen LogP contribution in [0, 0.1) is 5.82 Å². The van der Waals surface area contributed by atoms with Crippen LogP contribution in [0.15, 0.2) is 66.9 Å². The summed E-state index contributed by atoms with van der Waals surface area (Å²) < 4.78 is 21.3. The standard InChI is InChI=1S/C27H30FN3O3/c1-3-13-30(25(32)17-20-9-11-23(34-2)12-10-20)19-26(33)31-16-15-29-14-5-8-24(29)27(31)21-6-4-7-22(28)18-21/h4-12,14,18,27H,3,13,15-17,19H2,1-2H3. The van der Waals surface area contributed by atoms with Gasteiger partial charge < -0.3 is 19.1 Å². The zero-order valence-electron chi connectivity index (χ0n) is 19.6. The number of benzene rings is 2. The minimum atomic E-state index is -0.396. The van der Waals surface area contributed by atoms with E-state index in [-0.39, 0.29) is 30.6 Å². The second-order valence-electron chi connectivity index (χ2n) is 8.51. The van der Waals surface area contributed by atoms with Crippen molar-refractivity contribution in [1.29, 1.82) is 0 Å². The molecule has 2 amide bonds. The Morgan fingerprint density at radius 1 is 1.09 bits per heavy atom. The van der Waals surface area contributed by atoms with E-state index in [4.69, 9.17) is 4.74 Å². The van der Waals surface area contributed by atoms with Crippen molar-refractivity contribution in [2.45, 2.75) is 32.4 Å². The maximum atomic E-state index is 14.1. The van der Waals surface area contributed by atoms with E-state index in [0.717, 1.165) is 29.0 Å². The molecule has 34 heavy (non-hydrogen) atoms. The number of fused-ring (bicyclic) bond motifs is 1. The van der Waals surface area contributed by atoms with Gasteiger partial charge in [-0.25, -0.2) is 4.39 Å². The number of methoxy groups -OCH3 is 1. The molecule has 1 aliphatic rings. The molecule has 0 radical (unpaired) electrons. The zero-order chi connectivity index (χ0) is 24.1. The number of carbonyl (C=O) groups excluding carboxylic acids is 2. The highest BCUT2D eigenvalue weighted by molar-refractivity contribution is 5.86. The summed E-state index contributed by atoms with van der Waals surface area (Å²) in [5.41, 5.74) is 2.53. The van der Waals surface area contributed by atoms with Crippen molar-refractivity contribution >= 4 is 11.8 Å². The Morgan fingerprint density at radius 2 is 1.88 bits per heavy atom. The van der Waals surface area contributed by atoms with Crippen LogP contribution >= 0.6 is 0 Å². The Kier molecular flexibility index (Phi) is 7.30. The maximum absolute atomic E-state index is 14.1. The van der Waals surface area contributed by atoms with Crippen LogP contribution in [0.4, 0.5) is 4.39 Å². The molecule has 0 bridgehead atoms. The number of hydrogen-bond donors (Lipinski definition) is 0. The molecule has 0 N–H and O–H groups in total. The molecule has 0 spiro atoms. The molecule has 1 unspecified atom stereocenters. The van der Waals surface area contributed by atoms with Crippen LogP contribution < -0.4 is 4.74 Å². The van der Waals surface area contributed by atoms with Gasteiger partial charge in [0.05, 0.1) is 26.1 Å². The molecule has 178 valence electrons. The monoisotopic (exact) mass is 463 g/mol. The van der Waals surface area contributed by atoms with Gasteiger partial charge in [0.1, 0.15) is 11.6 Å². The van der Waals surface area contributed by atoms with Gasteiger partial charge in [0, 0.05) is 31.5 Å². The molecule has 0 aliphatic carbocycles. The lowest BCUT2D eigenvalue weighted by molar-refractivity contribution is -0.141. The average molecular weight is 464 g/mol. The molecule has 1 atom stereocenters. The number of nitrogens with zero attached hydrogens (tertiary/aromatic N) is 3. The van der Waals surface area contributed by atoms with E-state index < -0.39 is 6.04 Å². The first-order valence-electron chi connectivity index (χ1n) is 11.6. The maximum Gasteiger partial charge on any atom is 0.243 e. The van der Waals surface area contributed by atoms with Gasteiger partial charge in [0.2, 0.25) is 11.8 Å². The smallest absolute Gasteiger partial charge is 0.243 e. The molecule has 0 saturated carbocycles. The number of aromatic nitrogens is 1. The summed E-state index contributed by atoms with van der Waals surface area (Å²) in [7, 11) is 1.60. The molecule has 1 aromatic heterocycles. The zero-order valence-corrected chi connectivity index (χ0v) is 19.6. The van der Waals surface area contributed by atoms with Crippen LogP contribution in [0.1, 0.15) is 36.2 Å². The summed E-state index contributed by atoms with van der Waals surface area (Å²) in [5.74, 6) is 0.159. The normalized spacial score (nSPS) is 15.0. The van der Waals surface area contributed by atoms with Crippen LogP contribution in [0.2, 0.25) is 0 Å². The summed E-state index contributed by atoms with van der Waals surface area (Å²) in [4.78, 5) is 30.0. The quantitative estimate of drug-likeness (QED) is 0.507. The molecular weight excluding hydrogens is 433 g/mol. The van der Waals surface area contributed by atoms with Gasteiger partial charge in [-0.05, 0) is 53.9 Å². The fraction of sp³-hybridized carbons (Fsp3) is 0.333. The summed E-state index contributed by atoms with van der Waals surface area (Å²) in [6.45, 7) is 3.63. The molecular formula is C27H30FN3O3. The fourth-order valence-electron chi connectivity index (χ4n) is 4.53. The minimum absolute atomic E-state index is 0.00461. The van der Waals surface area contributed by atoms with Crippen molar-refractivity contribution in [2.75, 3.05) is 26.7 Å². The third-order valence-corrected chi connectivity index (χ3v) is 6.21. The molecule has 3 aromatic rings. The van der Waals surface area contributed by atoms with Gasteiger partial charge in [-0.3, -0.25) is 9.59 Å². The predicted octanol–water partition coefficient (Wildman–Crippen LogP) is 4.05. The van der Waals surface area contributed by atoms with Crippen LogP contribution in [0.25, 0.3) is 0 Å². The minimum Gasteiger partial charge on any atom is -0.497 e. The first-order valence-corrected chi connectivity index (χ1v) is 11.6. The lowest BCUT2D eigenvalue weighted by Gasteiger charge is -2.38. The van der Waals surface area contributed by atoms with Crippen molar-refractivity contribution in [3.8, 4) is 5.75 Å². The van der Waals surface area contributed by atoms with Crippen LogP contribution in [0.5, 0.6) is 5.75 Å². The van der Waals surface area contributed by atoms with Gasteiger partial charge in [-0.15, -0.1) is 0 Å². The first kappa shape index (κ1) is 23.5. The highest BCUT2D eigenvalue weighted by Gasteiger charge is 2.33. The largest absolute Gasteiger partial charge is 0.497 e. The fourth-order valence-corrected chi connectivity index (χ4v) is 4.53. The van der Waals surface area contributed by atoms with Crippen LogP contribution in [0.3, 0.4) is 0 Å². The lowest BCUT2D eigenvalue weighted by Crippen LogP contribution is -2.48. The van der Waals surface area contributed by atoms with E-state index in [9.17, 15) is 14.0 Å². The molecule has 0 fully saturated rings. The highest BCUT2D eigenvalue weighted by Crippen LogP contribution is 2.33. The third kappa shape index (κ3) is 5.14. The Morgan fingerprint density at radius 3 is 2.59 bits per heavy atom. The number of carbonyl (C=O) groups is 2. The van der Waals surface area contributed by atoms with Gasteiger partial charge in [-0.1, -0.05) is 31.2 Å². The molecule has 2 heterocycles. The Hall–Kier alpha value is -3.61. The third-order valence-electron chi connectivity index (χ3n) is 6.21. The SMILES string of the molecule is CCCN(CC(=O)N1CCn2cccc2C1c1cccc(F)c1)C(=O)Cc1ccc(OC)cc1. The second-order valence-corrected chi connectivity index (χ2v) is 8.51. The summed E-state index contributed by atoms with van der Waals surface area (Å²) in [5, 5.41) is 0. The van der Waals surface area contributed by atoms with Crippen LogP contribution in [-0.2, 0) is 22.6 Å². The van der Waals surface area contributed by atoms with Crippen molar-refractivity contribution in [1.82, 2.24) is 14.4 Å². The topological polar surface area (TPSA) is 54.8 Å². The van der Waals surface area contributed by atoms with Crippen molar-refractivity contribution < 1.29 is 18.7 Å². The first-order chi connectivity index (χ1) is 16.5. The van der Waals surface area contributed by atoms with E-state index >= 15 is 0 Å². The Labute approximate surface area is 199 Å². The number of halogens is 1. The molecule has 2 aromatic carbocycles. The Balaban J connectivity index is 1.53. The molecule has 1 aliphatic heterocycles. The average Bonchev–Trinajstić information content (AvgIpc) is 3.32. The summed E-state index contributed by atoms with van der Waals surface area (Å²) in [6.07, 6.45) is 2.94. The lowest BCUT2D eigenvalue weighted by atomic mass is 9.99. The molecule has 6 nitrogen and oxygen atoms in total. The van der Waals surface area contributed by atoms with Crippen molar-refractivity contribution in [3.63, 3.8) is 0 Å². The van der Waals surface area contributed by atoms with E-state index in [1.54, 1.807) is 23.0 Å². The number of hydrogen-bond acceptors (Lipinski definition) is 3. The number of amides is 2. The van der Waals surface area contributed by atoms with Gasteiger partial charge >= 0.3 is 0 Å². The number of ether oxygens (including phenoxy) is 1. The Bertz CT molecular complexity index is 1140. The molecule has 7 heteroatoms. The second kappa shape index (κ2) is 10.5. The van der Waals surface area contributed by atoms with E-state index in [0.29, 0.717) is 19.6 Å². The van der Waals surface area contributed by atoms with Gasteiger partial charge in [0.15, 0.2) is 0 Å². The van der Waals surface area contributed by atoms with Gasteiger partial charge in [-0.2, -0.15) is 0 Å².